The van der Waals surface area contributed by atoms with Crippen LogP contribution in [0.3, 0.4) is 0 Å². The molecule has 0 unspecified atom stereocenters. The summed E-state index contributed by atoms with van der Waals surface area (Å²) >= 11 is 4.07. The second-order valence-corrected chi connectivity index (χ2v) is 2.47. The summed E-state index contributed by atoms with van der Waals surface area (Å²) in [5.41, 5.74) is 0.463. The lowest BCUT2D eigenvalue weighted by atomic mass is 10.3. The maximum Gasteiger partial charge on any atom is 0.316 e. The minimum Gasteiger partial charge on any atom is -0.230 e. The normalized spacial score (nSPS) is 9.27. The highest BCUT2D eigenvalue weighted by Crippen LogP contribution is 2.14. The van der Waals surface area contributed by atoms with Gasteiger partial charge in [0.2, 0.25) is 0 Å². The van der Waals surface area contributed by atoms with E-state index in [0.717, 1.165) is 4.90 Å². The van der Waals surface area contributed by atoms with Crippen molar-refractivity contribution in [1.29, 1.82) is 0 Å². The molecule has 0 saturated heterocycles. The van der Waals surface area contributed by atoms with Crippen molar-refractivity contribution < 1.29 is 9.76 Å². The maximum atomic E-state index is 10.8. The summed E-state index contributed by atoms with van der Waals surface area (Å²) < 4.78 is 0. The third kappa shape index (κ3) is 1.94. The molecular weight excluding hydrogens is 162 g/mol. The van der Waals surface area contributed by atoms with Gasteiger partial charge in [0.15, 0.2) is 7.11 Å². The van der Waals surface area contributed by atoms with Crippen LogP contribution in [0.25, 0.3) is 0 Å². The summed E-state index contributed by atoms with van der Waals surface area (Å²) in [6.07, 6.45) is 0. The fourth-order valence-electron chi connectivity index (χ4n) is 0.680. The van der Waals surface area contributed by atoms with E-state index in [9.17, 15) is 4.91 Å². The van der Waals surface area contributed by atoms with E-state index in [1.165, 1.54) is 7.11 Å². The van der Waals surface area contributed by atoms with Crippen molar-refractivity contribution >= 4 is 18.3 Å². The van der Waals surface area contributed by atoms with Crippen molar-refractivity contribution in [2.24, 2.45) is 0 Å². The molecule has 0 amide bonds. The first-order chi connectivity index (χ1) is 5.24. The van der Waals surface area contributed by atoms with Crippen LogP contribution in [0.1, 0.15) is 0 Å². The first kappa shape index (κ1) is 8.07. The van der Waals surface area contributed by atoms with E-state index in [2.05, 4.69) is 17.5 Å². The van der Waals surface area contributed by atoms with E-state index in [1.54, 1.807) is 24.3 Å². The van der Waals surface area contributed by atoms with Gasteiger partial charge in [0.05, 0.1) is 4.91 Å². The Morgan fingerprint density at radius 2 is 1.91 bits per heavy atom. The van der Waals surface area contributed by atoms with Crippen molar-refractivity contribution in [3.05, 3.63) is 29.2 Å². The molecule has 0 aliphatic carbocycles. The summed E-state index contributed by atoms with van der Waals surface area (Å²) in [6.45, 7) is 0. The van der Waals surface area contributed by atoms with Gasteiger partial charge in [-0.05, 0) is 12.1 Å². The molecule has 0 aliphatic rings. The van der Waals surface area contributed by atoms with Gasteiger partial charge >= 0.3 is 5.69 Å². The van der Waals surface area contributed by atoms with Crippen LogP contribution in [0, 0.1) is 4.91 Å². The fraction of sp³-hybridized carbons (Fsp3) is 0.143. The van der Waals surface area contributed by atoms with Crippen LogP contribution in [0.4, 0.5) is 5.69 Å². The second-order valence-electron chi connectivity index (χ2n) is 1.96. The Morgan fingerprint density at radius 1 is 1.36 bits per heavy atom. The van der Waals surface area contributed by atoms with E-state index < -0.39 is 0 Å². The lowest BCUT2D eigenvalue weighted by Crippen LogP contribution is -1.96. The first-order valence-electron chi connectivity index (χ1n) is 3.04. The Kier molecular flexibility index (Phi) is 2.48. The van der Waals surface area contributed by atoms with Gasteiger partial charge in [0.1, 0.15) is 0 Å². The molecule has 0 aliphatic heterocycles. The standard InChI is InChI=1S/C7H7NO2S/c1-10-8(9)6-2-4-7(11)5-3-6/h2-5H,1H3/p+1. The van der Waals surface area contributed by atoms with E-state index in [4.69, 9.17) is 0 Å². The maximum absolute atomic E-state index is 10.8. The highest BCUT2D eigenvalue weighted by molar-refractivity contribution is 7.80. The van der Waals surface area contributed by atoms with E-state index in [0.29, 0.717) is 10.6 Å². The van der Waals surface area contributed by atoms with Crippen molar-refractivity contribution in [3.8, 4) is 0 Å². The van der Waals surface area contributed by atoms with Gasteiger partial charge in [-0.15, -0.1) is 12.6 Å². The molecule has 0 spiro atoms. The quantitative estimate of drug-likeness (QED) is 0.543. The van der Waals surface area contributed by atoms with Crippen LogP contribution in [-0.4, -0.2) is 12.0 Å². The molecule has 1 aromatic rings. The van der Waals surface area contributed by atoms with Crippen LogP contribution in [0.15, 0.2) is 29.2 Å². The number of benzene rings is 1. The Labute approximate surface area is 69.9 Å². The Morgan fingerprint density at radius 3 is 2.36 bits per heavy atom. The lowest BCUT2D eigenvalue weighted by Gasteiger charge is -1.88. The van der Waals surface area contributed by atoms with Gasteiger partial charge in [-0.2, -0.15) is 0 Å². The molecule has 0 fully saturated rings. The minimum atomic E-state index is 0.438. The van der Waals surface area contributed by atoms with Gasteiger partial charge in [-0.1, -0.05) is 0 Å². The van der Waals surface area contributed by atoms with Gasteiger partial charge in [0, 0.05) is 17.0 Å². The number of nitrogens with zero attached hydrogens (tertiary/aromatic N) is 1. The molecule has 0 bridgehead atoms. The minimum absolute atomic E-state index is 0.438. The van der Waals surface area contributed by atoms with Crippen LogP contribution in [-0.2, 0) is 4.84 Å². The zero-order valence-corrected chi connectivity index (χ0v) is 6.91. The molecule has 0 atom stereocenters. The predicted octanol–water partition coefficient (Wildman–Crippen LogP) is 1.95. The summed E-state index contributed by atoms with van der Waals surface area (Å²) in [5.74, 6) is 0. The number of hydrogen-bond acceptors (Lipinski definition) is 3. The molecule has 1 aromatic carbocycles. The molecule has 1 rings (SSSR count). The summed E-state index contributed by atoms with van der Waals surface area (Å²) in [5, 5.41) is 0. The zero-order chi connectivity index (χ0) is 8.27. The topological polar surface area (TPSA) is 29.3 Å². The molecule has 58 valence electrons. The molecule has 0 saturated carbocycles. The molecular formula is C7H8NO2S+. The van der Waals surface area contributed by atoms with Gasteiger partial charge < -0.3 is 0 Å². The summed E-state index contributed by atoms with van der Waals surface area (Å²) in [7, 11) is 1.32. The fourth-order valence-corrected chi connectivity index (χ4v) is 0.829. The Bertz CT molecular complexity index is 258. The zero-order valence-electron chi connectivity index (χ0n) is 6.02. The Hall–Kier alpha value is -1.03. The van der Waals surface area contributed by atoms with Gasteiger partial charge in [0.25, 0.3) is 4.92 Å². The van der Waals surface area contributed by atoms with Crippen molar-refractivity contribution in [2.75, 3.05) is 7.11 Å². The first-order valence-corrected chi connectivity index (χ1v) is 3.49. The summed E-state index contributed by atoms with van der Waals surface area (Å²) in [6, 6.07) is 6.72. The van der Waals surface area contributed by atoms with E-state index >= 15 is 0 Å². The van der Waals surface area contributed by atoms with Crippen molar-refractivity contribution in [2.45, 2.75) is 4.90 Å². The highest BCUT2D eigenvalue weighted by atomic mass is 32.1. The SMILES string of the molecule is CO[N+](=O)c1ccc(S)cc1. The largest absolute Gasteiger partial charge is 0.316 e. The highest BCUT2D eigenvalue weighted by Gasteiger charge is 2.11. The van der Waals surface area contributed by atoms with Crippen molar-refractivity contribution in [1.82, 2.24) is 0 Å². The van der Waals surface area contributed by atoms with E-state index in [-0.39, 0.29) is 0 Å². The molecule has 0 radical (unpaired) electrons. The average molecular weight is 170 g/mol. The van der Waals surface area contributed by atoms with Crippen LogP contribution < -0.4 is 0 Å². The van der Waals surface area contributed by atoms with Crippen LogP contribution in [0.5, 0.6) is 0 Å². The molecule has 0 aromatic heterocycles. The van der Waals surface area contributed by atoms with Crippen LogP contribution >= 0.6 is 12.6 Å². The predicted molar refractivity (Wildman–Crippen MR) is 44.0 cm³/mol. The van der Waals surface area contributed by atoms with Gasteiger partial charge in [-0.25, -0.2) is 4.84 Å². The third-order valence-corrected chi connectivity index (χ3v) is 1.52. The Balaban J connectivity index is 2.90. The third-order valence-electron chi connectivity index (χ3n) is 1.23. The van der Waals surface area contributed by atoms with Gasteiger partial charge in [-0.3, -0.25) is 0 Å². The molecule has 11 heavy (non-hydrogen) atoms. The average Bonchev–Trinajstić information content (AvgIpc) is 2.05. The molecule has 0 heterocycles. The number of thiol groups is 1. The molecule has 0 N–H and O–H groups in total. The monoisotopic (exact) mass is 170 g/mol. The second kappa shape index (κ2) is 3.39. The summed E-state index contributed by atoms with van der Waals surface area (Å²) in [4.78, 5) is 16.5. The molecule has 4 heteroatoms. The van der Waals surface area contributed by atoms with E-state index in [1.807, 2.05) is 0 Å². The smallest absolute Gasteiger partial charge is 0.230 e. The van der Waals surface area contributed by atoms with Crippen LogP contribution in [0.2, 0.25) is 0 Å². The number of rotatable bonds is 2. The lowest BCUT2D eigenvalue weighted by molar-refractivity contribution is -0.736. The van der Waals surface area contributed by atoms with Crippen molar-refractivity contribution in [3.63, 3.8) is 0 Å². The molecule has 3 nitrogen and oxygen atoms in total. The number of hydrogen-bond donors (Lipinski definition) is 1.